The van der Waals surface area contributed by atoms with Crippen LogP contribution in [0.1, 0.15) is 11.1 Å². The lowest BCUT2D eigenvalue weighted by Gasteiger charge is -2.24. The predicted molar refractivity (Wildman–Crippen MR) is 90.9 cm³/mol. The first-order valence-corrected chi connectivity index (χ1v) is 8.36. The van der Waals surface area contributed by atoms with Crippen LogP contribution in [0.5, 0.6) is 0 Å². The van der Waals surface area contributed by atoms with Gasteiger partial charge in [-0.25, -0.2) is 0 Å². The number of nitrogens with zero attached hydrogens (tertiary/aromatic N) is 2. The van der Waals surface area contributed by atoms with Gasteiger partial charge in [0.25, 0.3) is 0 Å². The van der Waals surface area contributed by atoms with Gasteiger partial charge in [0.05, 0.1) is 6.54 Å². The molecule has 0 saturated carbocycles. The molecule has 3 nitrogen and oxygen atoms in total. The van der Waals surface area contributed by atoms with Crippen LogP contribution in [-0.2, 0) is 17.9 Å². The second-order valence-electron chi connectivity index (χ2n) is 6.71. The summed E-state index contributed by atoms with van der Waals surface area (Å²) in [5.41, 5.74) is 2.62. The zero-order valence-corrected chi connectivity index (χ0v) is 13.3. The number of rotatable bonds is 4. The van der Waals surface area contributed by atoms with E-state index in [1.54, 1.807) is 0 Å². The topological polar surface area (TPSA) is 23.6 Å². The highest BCUT2D eigenvalue weighted by Gasteiger charge is 2.46. The van der Waals surface area contributed by atoms with E-state index >= 15 is 0 Å². The predicted octanol–water partition coefficient (Wildman–Crippen LogP) is 2.57. The van der Waals surface area contributed by atoms with Crippen LogP contribution in [0, 0.1) is 5.92 Å². The minimum atomic E-state index is 0.197. The van der Waals surface area contributed by atoms with E-state index in [0.717, 1.165) is 26.2 Å². The molecule has 0 spiro atoms. The number of hydrogen-bond acceptors (Lipinski definition) is 3. The molecular formula is C20H22N2O. The maximum absolute atomic E-state index is 12.4. The van der Waals surface area contributed by atoms with E-state index in [1.165, 1.54) is 11.1 Å². The Morgan fingerprint density at radius 2 is 1.43 bits per heavy atom. The largest absolute Gasteiger partial charge is 0.298 e. The van der Waals surface area contributed by atoms with Gasteiger partial charge in [0.15, 0.2) is 5.78 Å². The molecule has 2 aromatic rings. The molecule has 2 saturated heterocycles. The van der Waals surface area contributed by atoms with E-state index in [9.17, 15) is 4.79 Å². The molecule has 0 N–H and O–H groups in total. The fourth-order valence-electron chi connectivity index (χ4n) is 3.95. The normalized spacial score (nSPS) is 25.0. The molecule has 0 bridgehead atoms. The highest BCUT2D eigenvalue weighted by atomic mass is 16.1. The van der Waals surface area contributed by atoms with Gasteiger partial charge < -0.3 is 0 Å². The van der Waals surface area contributed by atoms with E-state index in [-0.39, 0.29) is 5.92 Å². The number of ketones is 1. The maximum atomic E-state index is 12.4. The monoisotopic (exact) mass is 306 g/mol. The molecule has 2 heterocycles. The van der Waals surface area contributed by atoms with Crippen LogP contribution in [-0.4, -0.2) is 41.3 Å². The Bertz CT molecular complexity index is 671. The van der Waals surface area contributed by atoms with Crippen LogP contribution in [0.3, 0.4) is 0 Å². The van der Waals surface area contributed by atoms with E-state index < -0.39 is 0 Å². The van der Waals surface area contributed by atoms with Gasteiger partial charge in [-0.2, -0.15) is 0 Å². The number of benzene rings is 2. The molecule has 4 rings (SSSR count). The lowest BCUT2D eigenvalue weighted by atomic mass is 10.0. The minimum absolute atomic E-state index is 0.197. The van der Waals surface area contributed by atoms with Crippen molar-refractivity contribution in [3.63, 3.8) is 0 Å². The van der Waals surface area contributed by atoms with Crippen LogP contribution in [0.25, 0.3) is 0 Å². The number of carbonyl (C=O) groups excluding carboxylic acids is 1. The van der Waals surface area contributed by atoms with Crippen molar-refractivity contribution in [2.45, 2.75) is 19.1 Å². The van der Waals surface area contributed by atoms with Crippen molar-refractivity contribution in [3.05, 3.63) is 71.8 Å². The molecule has 2 aliphatic rings. The van der Waals surface area contributed by atoms with E-state index in [0.29, 0.717) is 18.4 Å². The van der Waals surface area contributed by atoms with Gasteiger partial charge in [-0.3, -0.25) is 14.6 Å². The van der Waals surface area contributed by atoms with Gasteiger partial charge in [0.1, 0.15) is 0 Å². The quantitative estimate of drug-likeness (QED) is 0.867. The average Bonchev–Trinajstić information content (AvgIpc) is 3.11. The van der Waals surface area contributed by atoms with Crippen LogP contribution in [0.2, 0.25) is 0 Å². The maximum Gasteiger partial charge on any atom is 0.152 e. The molecule has 23 heavy (non-hydrogen) atoms. The van der Waals surface area contributed by atoms with Gasteiger partial charge in [-0.15, -0.1) is 0 Å². The van der Waals surface area contributed by atoms with E-state index in [4.69, 9.17) is 0 Å². The summed E-state index contributed by atoms with van der Waals surface area (Å²) < 4.78 is 0. The lowest BCUT2D eigenvalue weighted by Crippen LogP contribution is -2.34. The van der Waals surface area contributed by atoms with Gasteiger partial charge in [0, 0.05) is 38.1 Å². The van der Waals surface area contributed by atoms with Crippen molar-refractivity contribution >= 4 is 5.78 Å². The summed E-state index contributed by atoms with van der Waals surface area (Å²) in [6.45, 7) is 4.35. The summed E-state index contributed by atoms with van der Waals surface area (Å²) in [6, 6.07) is 21.4. The number of hydrogen-bond donors (Lipinski definition) is 0. The number of likely N-dealkylation sites (tertiary alicyclic amines) is 2. The Balaban J connectivity index is 1.44. The Hall–Kier alpha value is -1.97. The van der Waals surface area contributed by atoms with Crippen LogP contribution < -0.4 is 0 Å². The lowest BCUT2D eigenvalue weighted by molar-refractivity contribution is -0.119. The Labute approximate surface area is 137 Å². The van der Waals surface area contributed by atoms with Crippen molar-refractivity contribution < 1.29 is 4.79 Å². The van der Waals surface area contributed by atoms with Crippen LogP contribution in [0.15, 0.2) is 60.7 Å². The van der Waals surface area contributed by atoms with Crippen molar-refractivity contribution in [1.82, 2.24) is 9.80 Å². The molecule has 0 aliphatic carbocycles. The van der Waals surface area contributed by atoms with Crippen molar-refractivity contribution in [2.75, 3.05) is 19.6 Å². The van der Waals surface area contributed by atoms with Gasteiger partial charge in [-0.1, -0.05) is 60.7 Å². The first-order chi connectivity index (χ1) is 11.3. The summed E-state index contributed by atoms with van der Waals surface area (Å²) >= 11 is 0. The Morgan fingerprint density at radius 1 is 0.826 bits per heavy atom. The molecule has 0 amide bonds. The van der Waals surface area contributed by atoms with Crippen molar-refractivity contribution in [2.24, 2.45) is 5.92 Å². The number of Topliss-reactive ketones (excluding diaryl/α,β-unsaturated/α-hetero) is 1. The highest BCUT2D eigenvalue weighted by Crippen LogP contribution is 2.31. The summed E-state index contributed by atoms with van der Waals surface area (Å²) in [6.07, 6.45) is 0. The fraction of sp³-hybridized carbons (Fsp3) is 0.350. The molecule has 0 aromatic heterocycles. The average molecular weight is 306 g/mol. The molecule has 2 aliphatic heterocycles. The second kappa shape index (κ2) is 6.26. The first-order valence-electron chi connectivity index (χ1n) is 8.36. The zero-order chi connectivity index (χ0) is 15.6. The second-order valence-corrected chi connectivity index (χ2v) is 6.71. The fourth-order valence-corrected chi connectivity index (χ4v) is 3.95. The third-order valence-corrected chi connectivity index (χ3v) is 5.08. The standard InChI is InChI=1S/C20H22N2O/c23-20-15-22(12-17-9-5-2-6-10-17)19-14-21(13-18(19)20)11-16-7-3-1-4-8-16/h1-10,18-19H,11-15H2. The summed E-state index contributed by atoms with van der Waals surface area (Å²) in [5.74, 6) is 0.615. The molecular weight excluding hydrogens is 284 g/mol. The third kappa shape index (κ3) is 3.07. The molecule has 118 valence electrons. The highest BCUT2D eigenvalue weighted by molar-refractivity contribution is 5.86. The minimum Gasteiger partial charge on any atom is -0.298 e. The number of carbonyl (C=O) groups is 1. The van der Waals surface area contributed by atoms with Crippen LogP contribution in [0.4, 0.5) is 0 Å². The smallest absolute Gasteiger partial charge is 0.152 e. The molecule has 3 heteroatoms. The van der Waals surface area contributed by atoms with Crippen molar-refractivity contribution in [1.29, 1.82) is 0 Å². The molecule has 2 aromatic carbocycles. The molecule has 0 radical (unpaired) electrons. The van der Waals surface area contributed by atoms with E-state index in [2.05, 4.69) is 58.3 Å². The summed E-state index contributed by atoms with van der Waals surface area (Å²) in [4.78, 5) is 17.2. The first kappa shape index (κ1) is 14.6. The van der Waals surface area contributed by atoms with E-state index in [1.807, 2.05) is 12.1 Å². The Kier molecular flexibility index (Phi) is 3.98. The SMILES string of the molecule is O=C1CN(Cc2ccccc2)C2CN(Cc3ccccc3)CC12. The number of fused-ring (bicyclic) bond motifs is 1. The zero-order valence-electron chi connectivity index (χ0n) is 13.3. The van der Waals surface area contributed by atoms with Gasteiger partial charge in [-0.05, 0) is 11.1 Å². The molecule has 2 fully saturated rings. The van der Waals surface area contributed by atoms with Crippen molar-refractivity contribution in [3.8, 4) is 0 Å². The van der Waals surface area contributed by atoms with Gasteiger partial charge in [0.2, 0.25) is 0 Å². The third-order valence-electron chi connectivity index (χ3n) is 5.08. The molecule has 2 atom stereocenters. The summed E-state index contributed by atoms with van der Waals surface area (Å²) in [5, 5.41) is 0. The van der Waals surface area contributed by atoms with Gasteiger partial charge >= 0.3 is 0 Å². The Morgan fingerprint density at radius 3 is 2.09 bits per heavy atom. The molecule has 2 unspecified atom stereocenters. The van der Waals surface area contributed by atoms with Crippen LogP contribution >= 0.6 is 0 Å². The summed E-state index contributed by atoms with van der Waals surface area (Å²) in [7, 11) is 0.